The molecule has 0 aliphatic carbocycles. The number of thiophene rings is 1. The molecule has 3 heterocycles. The molecule has 10 aromatic rings. The molecule has 0 unspecified atom stereocenters. The van der Waals surface area contributed by atoms with E-state index >= 15 is 0 Å². The van der Waals surface area contributed by atoms with Crippen molar-refractivity contribution in [3.05, 3.63) is 152 Å². The highest BCUT2D eigenvalue weighted by Crippen LogP contribution is 2.43. The Kier molecular flexibility index (Phi) is 5.19. The zero-order valence-electron chi connectivity index (χ0n) is 24.2. The number of nitrogens with zero attached hydrogens (tertiary/aromatic N) is 1. The van der Waals surface area contributed by atoms with Crippen LogP contribution < -0.4 is 0 Å². The van der Waals surface area contributed by atoms with E-state index in [-0.39, 0.29) is 0 Å². The molecule has 45 heavy (non-hydrogen) atoms. The van der Waals surface area contributed by atoms with Crippen LogP contribution in [0.3, 0.4) is 0 Å². The number of aromatic nitrogens is 1. The number of hydrogen-bond donors (Lipinski definition) is 0. The molecule has 0 bridgehead atoms. The number of hydrogen-bond acceptors (Lipinski definition) is 2. The van der Waals surface area contributed by atoms with E-state index in [4.69, 9.17) is 4.42 Å². The number of rotatable bonds is 3. The molecule has 7 aromatic carbocycles. The van der Waals surface area contributed by atoms with Crippen molar-refractivity contribution < 1.29 is 4.42 Å². The molecule has 0 atom stereocenters. The lowest BCUT2D eigenvalue weighted by molar-refractivity contribution is 0.670. The minimum absolute atomic E-state index is 0.924. The molecule has 0 aliphatic rings. The molecule has 3 heteroatoms. The van der Waals surface area contributed by atoms with Gasteiger partial charge in [0.05, 0.1) is 11.0 Å². The van der Waals surface area contributed by atoms with Crippen LogP contribution in [0.15, 0.2) is 156 Å². The molecule has 210 valence electrons. The Labute approximate surface area is 263 Å². The fraction of sp³-hybridized carbons (Fsp3) is 0. The third-order valence-electron chi connectivity index (χ3n) is 9.24. The van der Waals surface area contributed by atoms with Gasteiger partial charge in [0.15, 0.2) is 0 Å². The van der Waals surface area contributed by atoms with Gasteiger partial charge in [-0.25, -0.2) is 0 Å². The van der Waals surface area contributed by atoms with E-state index in [0.29, 0.717) is 0 Å². The third-order valence-corrected chi connectivity index (χ3v) is 10.4. The Morgan fingerprint density at radius 2 is 1.11 bits per heavy atom. The van der Waals surface area contributed by atoms with Crippen LogP contribution >= 0.6 is 11.3 Å². The SMILES string of the molecule is c1ccc2c(c1)oc1c(-c3ccc(-c4ccc(-n5c6ccccc6c6c7sc8ccccc8c7ccc65)cc4)cc3)cccc12. The molecule has 0 N–H and O–H groups in total. The first-order valence-corrected chi connectivity index (χ1v) is 16.1. The highest BCUT2D eigenvalue weighted by atomic mass is 32.1. The van der Waals surface area contributed by atoms with E-state index in [1.807, 2.05) is 23.5 Å². The first-order valence-electron chi connectivity index (χ1n) is 15.3. The second-order valence-electron chi connectivity index (χ2n) is 11.7. The Morgan fingerprint density at radius 1 is 0.444 bits per heavy atom. The number of furan rings is 1. The van der Waals surface area contributed by atoms with Crippen LogP contribution in [0, 0.1) is 0 Å². The van der Waals surface area contributed by atoms with E-state index < -0.39 is 0 Å². The van der Waals surface area contributed by atoms with E-state index in [0.717, 1.165) is 33.1 Å². The van der Waals surface area contributed by atoms with Crippen molar-refractivity contribution in [2.24, 2.45) is 0 Å². The molecule has 3 aromatic heterocycles. The van der Waals surface area contributed by atoms with Gasteiger partial charge in [-0.3, -0.25) is 0 Å². The summed E-state index contributed by atoms with van der Waals surface area (Å²) in [6.45, 7) is 0. The van der Waals surface area contributed by atoms with Crippen LogP contribution in [0.25, 0.3) is 91.9 Å². The van der Waals surface area contributed by atoms with E-state index in [9.17, 15) is 0 Å². The van der Waals surface area contributed by atoms with Crippen molar-refractivity contribution in [2.45, 2.75) is 0 Å². The summed E-state index contributed by atoms with van der Waals surface area (Å²) in [5.74, 6) is 0. The van der Waals surface area contributed by atoms with Crippen molar-refractivity contribution in [3.8, 4) is 27.9 Å². The van der Waals surface area contributed by atoms with Gasteiger partial charge in [-0.15, -0.1) is 11.3 Å². The van der Waals surface area contributed by atoms with Gasteiger partial charge in [0, 0.05) is 53.0 Å². The van der Waals surface area contributed by atoms with Crippen LogP contribution in [0.4, 0.5) is 0 Å². The predicted octanol–water partition coefficient (Wildman–Crippen LogP) is 12.4. The second-order valence-corrected chi connectivity index (χ2v) is 12.7. The fourth-order valence-corrected chi connectivity index (χ4v) is 8.39. The lowest BCUT2D eigenvalue weighted by Crippen LogP contribution is -1.93. The molecule has 2 nitrogen and oxygen atoms in total. The summed E-state index contributed by atoms with van der Waals surface area (Å²) < 4.78 is 11.4. The monoisotopic (exact) mass is 591 g/mol. The summed E-state index contributed by atoms with van der Waals surface area (Å²) in [4.78, 5) is 0. The summed E-state index contributed by atoms with van der Waals surface area (Å²) in [6.07, 6.45) is 0. The summed E-state index contributed by atoms with van der Waals surface area (Å²) in [5.41, 5.74) is 10.2. The maximum atomic E-state index is 6.30. The molecule has 0 saturated heterocycles. The van der Waals surface area contributed by atoms with Crippen LogP contribution in [0.2, 0.25) is 0 Å². The topological polar surface area (TPSA) is 18.1 Å². The molecule has 0 radical (unpaired) electrons. The molecule has 0 amide bonds. The molecule has 0 fully saturated rings. The lowest BCUT2D eigenvalue weighted by atomic mass is 9.98. The molecular weight excluding hydrogens is 567 g/mol. The molecular formula is C42H25NOS. The molecule has 10 rings (SSSR count). The summed E-state index contributed by atoms with van der Waals surface area (Å²) in [5, 5.41) is 7.61. The van der Waals surface area contributed by atoms with E-state index in [1.165, 1.54) is 58.8 Å². The zero-order chi connectivity index (χ0) is 29.5. The smallest absolute Gasteiger partial charge is 0.143 e. The maximum absolute atomic E-state index is 6.30. The van der Waals surface area contributed by atoms with Crippen LogP contribution in [0.5, 0.6) is 0 Å². The van der Waals surface area contributed by atoms with E-state index in [1.54, 1.807) is 0 Å². The average Bonchev–Trinajstić information content (AvgIpc) is 3.78. The Balaban J connectivity index is 1.06. The molecule has 0 aliphatic heterocycles. The van der Waals surface area contributed by atoms with Gasteiger partial charge in [0.2, 0.25) is 0 Å². The first kappa shape index (κ1) is 24.8. The van der Waals surface area contributed by atoms with Crippen molar-refractivity contribution >= 4 is 75.3 Å². The average molecular weight is 592 g/mol. The van der Waals surface area contributed by atoms with Crippen LogP contribution in [-0.2, 0) is 0 Å². The van der Waals surface area contributed by atoms with Crippen LogP contribution in [0.1, 0.15) is 0 Å². The Bertz CT molecular complexity index is 2740. The van der Waals surface area contributed by atoms with Gasteiger partial charge >= 0.3 is 0 Å². The van der Waals surface area contributed by atoms with Gasteiger partial charge in [-0.1, -0.05) is 115 Å². The predicted molar refractivity (Wildman–Crippen MR) is 192 cm³/mol. The Morgan fingerprint density at radius 3 is 1.96 bits per heavy atom. The van der Waals surface area contributed by atoms with Crippen molar-refractivity contribution in [1.82, 2.24) is 4.57 Å². The maximum Gasteiger partial charge on any atom is 0.143 e. The number of fused-ring (bicyclic) bond motifs is 10. The largest absolute Gasteiger partial charge is 0.455 e. The van der Waals surface area contributed by atoms with E-state index in [2.05, 4.69) is 144 Å². The molecule has 0 spiro atoms. The number of benzene rings is 7. The summed E-state index contributed by atoms with van der Waals surface area (Å²) in [6, 6.07) is 54.6. The highest BCUT2D eigenvalue weighted by Gasteiger charge is 2.17. The third kappa shape index (κ3) is 3.62. The lowest BCUT2D eigenvalue weighted by Gasteiger charge is -2.10. The van der Waals surface area contributed by atoms with Gasteiger partial charge in [-0.2, -0.15) is 0 Å². The summed E-state index contributed by atoms with van der Waals surface area (Å²) in [7, 11) is 0. The van der Waals surface area contributed by atoms with Crippen molar-refractivity contribution in [1.29, 1.82) is 0 Å². The van der Waals surface area contributed by atoms with Gasteiger partial charge < -0.3 is 8.98 Å². The standard InChI is InChI=1S/C42H25NOS/c1-4-13-36-35(10-1)40-37(25-24-34-32-9-3-6-15-39(32)45-42(34)40)43(36)29-22-20-27(21-23-29)26-16-18-28(19-17-26)30-11-7-12-33-31-8-2-5-14-38(31)44-41(30)33/h1-25H. The van der Waals surface area contributed by atoms with Crippen LogP contribution in [-0.4, -0.2) is 4.57 Å². The van der Waals surface area contributed by atoms with Crippen molar-refractivity contribution in [2.75, 3.05) is 0 Å². The minimum atomic E-state index is 0.924. The van der Waals surface area contributed by atoms with Gasteiger partial charge in [-0.05, 0) is 53.1 Å². The quantitative estimate of drug-likeness (QED) is 0.200. The fourth-order valence-electron chi connectivity index (χ4n) is 7.13. The number of para-hydroxylation sites is 3. The molecule has 0 saturated carbocycles. The Hall–Kier alpha value is -5.64. The summed E-state index contributed by atoms with van der Waals surface area (Å²) >= 11 is 1.90. The highest BCUT2D eigenvalue weighted by molar-refractivity contribution is 7.26. The first-order chi connectivity index (χ1) is 22.3. The zero-order valence-corrected chi connectivity index (χ0v) is 25.0. The van der Waals surface area contributed by atoms with Gasteiger partial charge in [0.25, 0.3) is 0 Å². The minimum Gasteiger partial charge on any atom is -0.455 e. The second kappa shape index (κ2) is 9.43. The van der Waals surface area contributed by atoms with Gasteiger partial charge in [0.1, 0.15) is 11.2 Å². The normalized spacial score (nSPS) is 12.0. The van der Waals surface area contributed by atoms with Crippen molar-refractivity contribution in [3.63, 3.8) is 0 Å².